The van der Waals surface area contributed by atoms with Crippen molar-refractivity contribution in [1.82, 2.24) is 4.72 Å². The summed E-state index contributed by atoms with van der Waals surface area (Å²) < 4.78 is 40.1. The van der Waals surface area contributed by atoms with Crippen LogP contribution in [0, 0.1) is 5.82 Å². The molecular formula is C13H18FNO3S. The highest BCUT2D eigenvalue weighted by atomic mass is 32.2. The molecule has 0 aliphatic carbocycles. The van der Waals surface area contributed by atoms with Gasteiger partial charge >= 0.3 is 0 Å². The number of halogens is 1. The van der Waals surface area contributed by atoms with Crippen LogP contribution in [0.1, 0.15) is 44.5 Å². The summed E-state index contributed by atoms with van der Waals surface area (Å²) >= 11 is 0. The molecule has 0 atom stereocenters. The molecule has 6 heteroatoms. The molecule has 1 rings (SSSR count). The molecule has 1 aromatic carbocycles. The third-order valence-corrected chi connectivity index (χ3v) is 4.11. The Morgan fingerprint density at radius 3 is 2.37 bits per heavy atom. The normalized spacial score (nSPS) is 12.5. The summed E-state index contributed by atoms with van der Waals surface area (Å²) in [7, 11) is -3.86. The van der Waals surface area contributed by atoms with Crippen molar-refractivity contribution in [1.29, 1.82) is 0 Å². The molecule has 0 aliphatic rings. The predicted molar refractivity (Wildman–Crippen MR) is 71.1 cm³/mol. The molecule has 1 aromatic rings. The number of hydrogen-bond acceptors (Lipinski definition) is 3. The van der Waals surface area contributed by atoms with Crippen molar-refractivity contribution in [2.24, 2.45) is 0 Å². The van der Waals surface area contributed by atoms with Gasteiger partial charge in [-0.15, -0.1) is 0 Å². The first-order chi connectivity index (χ1) is 8.57. The van der Waals surface area contributed by atoms with Gasteiger partial charge in [-0.3, -0.25) is 4.79 Å². The average molecular weight is 287 g/mol. The Bertz CT molecular complexity index is 588. The number of ketones is 1. The van der Waals surface area contributed by atoms with Crippen LogP contribution in [0.4, 0.5) is 4.39 Å². The zero-order valence-corrected chi connectivity index (χ0v) is 12.3. The predicted octanol–water partition coefficient (Wildman–Crippen LogP) is 2.50. The van der Waals surface area contributed by atoms with Crippen LogP contribution in [0.2, 0.25) is 0 Å². The molecule has 0 fully saturated rings. The number of Topliss-reactive ketones (excluding diaryl/α,β-unsaturated/α-hetero) is 1. The monoisotopic (exact) mass is 287 g/mol. The SMILES string of the molecule is CCC(=O)c1cc(F)ccc1S(=O)(=O)NC(C)(C)C. The fourth-order valence-corrected chi connectivity index (χ4v) is 3.23. The number of carbonyl (C=O) groups is 1. The molecule has 4 nitrogen and oxygen atoms in total. The van der Waals surface area contributed by atoms with E-state index in [0.717, 1.165) is 18.2 Å². The average Bonchev–Trinajstić information content (AvgIpc) is 2.24. The molecule has 0 unspecified atom stereocenters. The van der Waals surface area contributed by atoms with Crippen LogP contribution in [0.15, 0.2) is 23.1 Å². The first-order valence-electron chi connectivity index (χ1n) is 5.93. The lowest BCUT2D eigenvalue weighted by atomic mass is 10.1. The molecule has 0 aliphatic heterocycles. The lowest BCUT2D eigenvalue weighted by molar-refractivity contribution is 0.0984. The lowest BCUT2D eigenvalue weighted by Crippen LogP contribution is -2.41. The van der Waals surface area contributed by atoms with Crippen molar-refractivity contribution in [2.45, 2.75) is 44.6 Å². The molecule has 106 valence electrons. The second-order valence-electron chi connectivity index (χ2n) is 5.27. The molecule has 19 heavy (non-hydrogen) atoms. The summed E-state index contributed by atoms with van der Waals surface area (Å²) in [5.41, 5.74) is -0.793. The molecule has 0 saturated heterocycles. The van der Waals surface area contributed by atoms with Gasteiger partial charge in [0.15, 0.2) is 5.78 Å². The van der Waals surface area contributed by atoms with Gasteiger partial charge in [0.2, 0.25) is 10.0 Å². The number of hydrogen-bond donors (Lipinski definition) is 1. The zero-order chi connectivity index (χ0) is 14.8. The molecule has 0 spiro atoms. The van der Waals surface area contributed by atoms with Crippen molar-refractivity contribution in [3.63, 3.8) is 0 Å². The van der Waals surface area contributed by atoms with Crippen LogP contribution in [-0.2, 0) is 10.0 Å². The van der Waals surface area contributed by atoms with Gasteiger partial charge in [0.05, 0.1) is 4.90 Å². The fourth-order valence-electron chi connectivity index (χ4n) is 1.60. The minimum absolute atomic E-state index is 0.112. The minimum atomic E-state index is -3.86. The van der Waals surface area contributed by atoms with Crippen molar-refractivity contribution in [2.75, 3.05) is 0 Å². The van der Waals surface area contributed by atoms with Gasteiger partial charge in [0.25, 0.3) is 0 Å². The smallest absolute Gasteiger partial charge is 0.241 e. The van der Waals surface area contributed by atoms with Gasteiger partial charge < -0.3 is 0 Å². The number of carbonyl (C=O) groups excluding carboxylic acids is 1. The number of rotatable bonds is 4. The van der Waals surface area contributed by atoms with E-state index in [0.29, 0.717) is 0 Å². The summed E-state index contributed by atoms with van der Waals surface area (Å²) in [5, 5.41) is 0. The minimum Gasteiger partial charge on any atom is -0.294 e. The molecule has 0 radical (unpaired) electrons. The van der Waals surface area contributed by atoms with Crippen LogP contribution in [-0.4, -0.2) is 19.7 Å². The summed E-state index contributed by atoms with van der Waals surface area (Å²) in [6.07, 6.45) is 0.113. The van der Waals surface area contributed by atoms with Gasteiger partial charge in [-0.25, -0.2) is 17.5 Å². The van der Waals surface area contributed by atoms with Gasteiger partial charge in [-0.05, 0) is 39.0 Å². The highest BCUT2D eigenvalue weighted by Gasteiger charge is 2.26. The number of nitrogens with one attached hydrogen (secondary N) is 1. The molecule has 0 heterocycles. The first kappa shape index (κ1) is 15.8. The molecule has 1 N–H and O–H groups in total. The highest BCUT2D eigenvalue weighted by molar-refractivity contribution is 7.89. The third kappa shape index (κ3) is 4.11. The maximum Gasteiger partial charge on any atom is 0.241 e. The standard InChI is InChI=1S/C13H18FNO3S/c1-5-11(16)10-8-9(14)6-7-12(10)19(17,18)15-13(2,3)4/h6-8,15H,5H2,1-4H3. The topological polar surface area (TPSA) is 63.2 Å². The van der Waals surface area contributed by atoms with Gasteiger partial charge in [0, 0.05) is 17.5 Å². The maximum absolute atomic E-state index is 13.2. The second-order valence-corrected chi connectivity index (χ2v) is 6.92. The summed E-state index contributed by atoms with van der Waals surface area (Å²) in [4.78, 5) is 11.6. The summed E-state index contributed by atoms with van der Waals surface area (Å²) in [6.45, 7) is 6.67. The fraction of sp³-hybridized carbons (Fsp3) is 0.462. The molecular weight excluding hydrogens is 269 g/mol. The Morgan fingerprint density at radius 2 is 1.89 bits per heavy atom. The van der Waals surface area contributed by atoms with Crippen molar-refractivity contribution >= 4 is 15.8 Å². The van der Waals surface area contributed by atoms with E-state index >= 15 is 0 Å². The Kier molecular flexibility index (Phi) is 4.47. The molecule has 0 bridgehead atoms. The van der Waals surface area contributed by atoms with Crippen molar-refractivity contribution < 1.29 is 17.6 Å². The number of sulfonamides is 1. The summed E-state index contributed by atoms with van der Waals surface area (Å²) in [5.74, 6) is -1.04. The van der Waals surface area contributed by atoms with Crippen molar-refractivity contribution in [3.8, 4) is 0 Å². The van der Waals surface area contributed by atoms with E-state index in [-0.39, 0.29) is 16.9 Å². The van der Waals surface area contributed by atoms with E-state index in [1.807, 2.05) is 0 Å². The van der Waals surface area contributed by atoms with Crippen molar-refractivity contribution in [3.05, 3.63) is 29.6 Å². The summed E-state index contributed by atoms with van der Waals surface area (Å²) in [6, 6.07) is 3.11. The Morgan fingerprint density at radius 1 is 1.32 bits per heavy atom. The molecule has 0 saturated carbocycles. The third-order valence-electron chi connectivity index (χ3n) is 2.29. The van der Waals surface area contributed by atoms with Gasteiger partial charge in [0.1, 0.15) is 5.82 Å². The van der Waals surface area contributed by atoms with Crippen LogP contribution < -0.4 is 4.72 Å². The van der Waals surface area contributed by atoms with Crippen LogP contribution in [0.3, 0.4) is 0 Å². The van der Waals surface area contributed by atoms with E-state index < -0.39 is 27.2 Å². The highest BCUT2D eigenvalue weighted by Crippen LogP contribution is 2.20. The first-order valence-corrected chi connectivity index (χ1v) is 7.42. The van der Waals surface area contributed by atoms with Crippen LogP contribution >= 0.6 is 0 Å². The van der Waals surface area contributed by atoms with E-state index in [2.05, 4.69) is 4.72 Å². The Labute approximate surface area is 113 Å². The number of benzene rings is 1. The molecule has 0 amide bonds. The molecule has 0 aromatic heterocycles. The van der Waals surface area contributed by atoms with E-state index in [1.54, 1.807) is 27.7 Å². The van der Waals surface area contributed by atoms with E-state index in [4.69, 9.17) is 0 Å². The van der Waals surface area contributed by atoms with E-state index in [9.17, 15) is 17.6 Å². The Hall–Kier alpha value is -1.27. The largest absolute Gasteiger partial charge is 0.294 e. The maximum atomic E-state index is 13.2. The van der Waals surface area contributed by atoms with Gasteiger partial charge in [-0.1, -0.05) is 6.92 Å². The van der Waals surface area contributed by atoms with Crippen LogP contribution in [0.5, 0.6) is 0 Å². The quantitative estimate of drug-likeness (QED) is 0.865. The second kappa shape index (κ2) is 5.38. The zero-order valence-electron chi connectivity index (χ0n) is 11.5. The van der Waals surface area contributed by atoms with Crippen LogP contribution in [0.25, 0.3) is 0 Å². The van der Waals surface area contributed by atoms with E-state index in [1.165, 1.54) is 0 Å². The lowest BCUT2D eigenvalue weighted by Gasteiger charge is -2.21. The van der Waals surface area contributed by atoms with Gasteiger partial charge in [-0.2, -0.15) is 0 Å². The Balaban J connectivity index is 3.38.